The number of carbonyl (C=O) groups excluding carboxylic acids is 2. The fourth-order valence-corrected chi connectivity index (χ4v) is 2.58. The van der Waals surface area contributed by atoms with Crippen molar-refractivity contribution in [2.45, 2.75) is 6.92 Å². The molecule has 0 aliphatic heterocycles. The lowest BCUT2D eigenvalue weighted by atomic mass is 10.2. The first-order chi connectivity index (χ1) is 12.4. The summed E-state index contributed by atoms with van der Waals surface area (Å²) >= 11 is 14.1. The quantitative estimate of drug-likeness (QED) is 0.485. The second kappa shape index (κ2) is 9.51. The van der Waals surface area contributed by atoms with Gasteiger partial charge in [0.05, 0.1) is 12.2 Å². The molecule has 9 heteroatoms. The molecule has 2 aromatic rings. The predicted octanol–water partition coefficient (Wildman–Crippen LogP) is 3.45. The summed E-state index contributed by atoms with van der Waals surface area (Å²) in [5, 5.41) is 2.95. The molecule has 0 saturated carbocycles. The van der Waals surface area contributed by atoms with Crippen LogP contribution < -0.4 is 20.9 Å². The molecule has 0 radical (unpaired) electrons. The average molecular weight is 457 g/mol. The second-order valence-electron chi connectivity index (χ2n) is 4.94. The molecule has 6 nitrogen and oxygen atoms in total. The maximum Gasteiger partial charge on any atom is 0.269 e. The number of benzene rings is 2. The van der Waals surface area contributed by atoms with Gasteiger partial charge >= 0.3 is 0 Å². The van der Waals surface area contributed by atoms with Gasteiger partial charge in [-0.2, -0.15) is 0 Å². The number of carbonyl (C=O) groups is 2. The van der Waals surface area contributed by atoms with E-state index in [2.05, 4.69) is 32.1 Å². The molecule has 0 heterocycles. The third-order valence-corrected chi connectivity index (χ3v) is 4.06. The van der Waals surface area contributed by atoms with Crippen molar-refractivity contribution in [3.63, 3.8) is 0 Å². The Morgan fingerprint density at radius 3 is 2.46 bits per heavy atom. The maximum absolute atomic E-state index is 12.4. The van der Waals surface area contributed by atoms with E-state index in [0.717, 1.165) is 4.47 Å². The third-order valence-electron chi connectivity index (χ3n) is 3.11. The van der Waals surface area contributed by atoms with Gasteiger partial charge in [-0.05, 0) is 61.6 Å². The summed E-state index contributed by atoms with van der Waals surface area (Å²) in [5.74, 6) is -0.454. The summed E-state index contributed by atoms with van der Waals surface area (Å²) in [5.41, 5.74) is 5.58. The molecular formula is C17H15BrClN3O3S. The summed E-state index contributed by atoms with van der Waals surface area (Å²) in [6, 6.07) is 11.4. The Balaban J connectivity index is 1.95. The van der Waals surface area contributed by atoms with E-state index in [1.54, 1.807) is 42.5 Å². The van der Waals surface area contributed by atoms with E-state index in [4.69, 9.17) is 28.6 Å². The molecule has 0 aliphatic rings. The molecule has 2 amide bonds. The molecule has 2 aromatic carbocycles. The number of hydrazine groups is 1. The highest BCUT2D eigenvalue weighted by Gasteiger charge is 2.15. The second-order valence-corrected chi connectivity index (χ2v) is 6.70. The highest BCUT2D eigenvalue weighted by atomic mass is 79.9. The number of ether oxygens (including phenoxy) is 1. The van der Waals surface area contributed by atoms with Crippen LogP contribution in [0.25, 0.3) is 0 Å². The van der Waals surface area contributed by atoms with Crippen LogP contribution in [0.4, 0.5) is 0 Å². The monoisotopic (exact) mass is 455 g/mol. The molecule has 0 atom stereocenters. The first-order valence-corrected chi connectivity index (χ1v) is 9.08. The fraction of sp³-hybridized carbons (Fsp3) is 0.118. The van der Waals surface area contributed by atoms with Crippen molar-refractivity contribution in [1.82, 2.24) is 16.2 Å². The van der Waals surface area contributed by atoms with E-state index in [-0.39, 0.29) is 5.11 Å². The van der Waals surface area contributed by atoms with Gasteiger partial charge in [-0.1, -0.05) is 27.5 Å². The molecule has 26 heavy (non-hydrogen) atoms. The van der Waals surface area contributed by atoms with Gasteiger partial charge in [-0.15, -0.1) is 0 Å². The minimum absolute atomic E-state index is 0.0558. The van der Waals surface area contributed by atoms with Crippen molar-refractivity contribution in [2.75, 3.05) is 6.61 Å². The lowest BCUT2D eigenvalue weighted by molar-refractivity contribution is 0.0933. The van der Waals surface area contributed by atoms with Crippen LogP contribution in [0.15, 0.2) is 46.9 Å². The van der Waals surface area contributed by atoms with Crippen LogP contribution in [0, 0.1) is 0 Å². The number of amides is 2. The van der Waals surface area contributed by atoms with Crippen LogP contribution in [0.5, 0.6) is 5.75 Å². The molecule has 0 spiro atoms. The summed E-state index contributed by atoms with van der Waals surface area (Å²) < 4.78 is 6.16. The molecule has 136 valence electrons. The molecular weight excluding hydrogens is 442 g/mol. The van der Waals surface area contributed by atoms with Gasteiger partial charge in [0, 0.05) is 15.1 Å². The van der Waals surface area contributed by atoms with Crippen molar-refractivity contribution in [1.29, 1.82) is 0 Å². The highest BCUT2D eigenvalue weighted by Crippen LogP contribution is 2.23. The van der Waals surface area contributed by atoms with E-state index in [0.29, 0.717) is 28.5 Å². The molecule has 3 N–H and O–H groups in total. The Morgan fingerprint density at radius 2 is 1.81 bits per heavy atom. The van der Waals surface area contributed by atoms with Gasteiger partial charge in [-0.25, -0.2) is 0 Å². The van der Waals surface area contributed by atoms with E-state index in [1.165, 1.54) is 0 Å². The molecule has 0 aliphatic carbocycles. The van der Waals surface area contributed by atoms with Gasteiger partial charge < -0.3 is 4.74 Å². The highest BCUT2D eigenvalue weighted by molar-refractivity contribution is 9.10. The van der Waals surface area contributed by atoms with Gasteiger partial charge in [-0.3, -0.25) is 25.8 Å². The average Bonchev–Trinajstić information content (AvgIpc) is 2.62. The van der Waals surface area contributed by atoms with Gasteiger partial charge in [0.25, 0.3) is 11.8 Å². The van der Waals surface area contributed by atoms with E-state index < -0.39 is 11.8 Å². The molecule has 0 saturated heterocycles. The Labute approximate surface area is 169 Å². The number of rotatable bonds is 4. The van der Waals surface area contributed by atoms with Crippen LogP contribution >= 0.6 is 39.7 Å². The zero-order chi connectivity index (χ0) is 19.1. The van der Waals surface area contributed by atoms with Gasteiger partial charge in [0.15, 0.2) is 5.11 Å². The van der Waals surface area contributed by atoms with Crippen LogP contribution in [0.1, 0.15) is 27.6 Å². The third kappa shape index (κ3) is 5.69. The number of hydrogen-bond acceptors (Lipinski definition) is 4. The van der Waals surface area contributed by atoms with Crippen molar-refractivity contribution in [3.8, 4) is 5.75 Å². The van der Waals surface area contributed by atoms with Gasteiger partial charge in [0.2, 0.25) is 0 Å². The SMILES string of the molecule is CCOc1ccc(Br)cc1C(=O)NC(=S)NNC(=O)c1ccc(Cl)cc1. The standard InChI is InChI=1S/C17H15BrClN3O3S/c1-2-25-14-8-5-11(18)9-13(14)16(24)20-17(26)22-21-15(23)10-3-6-12(19)7-4-10/h3-9H,2H2,1H3,(H,21,23)(H2,20,22,24,26). The lowest BCUT2D eigenvalue weighted by Gasteiger charge is -2.13. The summed E-state index contributed by atoms with van der Waals surface area (Å²) in [4.78, 5) is 24.4. The number of nitrogens with one attached hydrogen (secondary N) is 3. The maximum atomic E-state index is 12.4. The van der Waals surface area contributed by atoms with Crippen LogP contribution in [-0.2, 0) is 0 Å². The van der Waals surface area contributed by atoms with Crippen molar-refractivity contribution in [2.24, 2.45) is 0 Å². The summed E-state index contributed by atoms with van der Waals surface area (Å²) in [6.07, 6.45) is 0. The van der Waals surface area contributed by atoms with E-state index in [1.807, 2.05) is 6.92 Å². The molecule has 0 aromatic heterocycles. The molecule has 0 fully saturated rings. The summed E-state index contributed by atoms with van der Waals surface area (Å²) in [7, 11) is 0. The molecule has 0 bridgehead atoms. The fourth-order valence-electron chi connectivity index (χ4n) is 1.95. The first-order valence-electron chi connectivity index (χ1n) is 7.50. The Kier molecular flexibility index (Phi) is 7.38. The first kappa shape index (κ1) is 20.2. The Morgan fingerprint density at radius 1 is 1.12 bits per heavy atom. The number of halogens is 2. The topological polar surface area (TPSA) is 79.5 Å². The number of thiocarbonyl (C=S) groups is 1. The Hall–Kier alpha value is -2.16. The van der Waals surface area contributed by atoms with Crippen LogP contribution in [-0.4, -0.2) is 23.5 Å². The summed E-state index contributed by atoms with van der Waals surface area (Å²) in [6.45, 7) is 2.24. The van der Waals surface area contributed by atoms with Crippen LogP contribution in [0.2, 0.25) is 5.02 Å². The van der Waals surface area contributed by atoms with E-state index in [9.17, 15) is 9.59 Å². The van der Waals surface area contributed by atoms with E-state index >= 15 is 0 Å². The van der Waals surface area contributed by atoms with Crippen LogP contribution in [0.3, 0.4) is 0 Å². The minimum Gasteiger partial charge on any atom is -0.493 e. The van der Waals surface area contributed by atoms with Crippen molar-refractivity contribution >= 4 is 56.7 Å². The van der Waals surface area contributed by atoms with Gasteiger partial charge in [0.1, 0.15) is 5.75 Å². The normalized spacial score (nSPS) is 9.96. The number of hydrogen-bond donors (Lipinski definition) is 3. The zero-order valence-corrected chi connectivity index (χ0v) is 16.8. The molecule has 2 rings (SSSR count). The lowest BCUT2D eigenvalue weighted by Crippen LogP contribution is -2.48. The zero-order valence-electron chi connectivity index (χ0n) is 13.6. The predicted molar refractivity (Wildman–Crippen MR) is 107 cm³/mol. The smallest absolute Gasteiger partial charge is 0.269 e. The minimum atomic E-state index is -0.465. The van der Waals surface area contributed by atoms with Crippen molar-refractivity contribution in [3.05, 3.63) is 63.1 Å². The molecule has 0 unspecified atom stereocenters. The van der Waals surface area contributed by atoms with Crippen molar-refractivity contribution < 1.29 is 14.3 Å². The largest absolute Gasteiger partial charge is 0.493 e. The Bertz CT molecular complexity index is 831.